The molecule has 1 aromatic rings. The second-order valence-electron chi connectivity index (χ2n) is 2.69. The predicted molar refractivity (Wildman–Crippen MR) is 59.7 cm³/mol. The predicted octanol–water partition coefficient (Wildman–Crippen LogP) is 3.10. The number of ether oxygens (including phenoxy) is 1. The van der Waals surface area contributed by atoms with Crippen LogP contribution >= 0.6 is 23.2 Å². The number of rotatable bonds is 3. The van der Waals surface area contributed by atoms with Crippen LogP contribution in [0.4, 0.5) is 0 Å². The van der Waals surface area contributed by atoms with Gasteiger partial charge in [0.15, 0.2) is 5.75 Å². The van der Waals surface area contributed by atoms with E-state index in [1.807, 2.05) is 0 Å². The van der Waals surface area contributed by atoms with Crippen molar-refractivity contribution in [1.29, 1.82) is 0 Å². The summed E-state index contributed by atoms with van der Waals surface area (Å²) >= 11 is 11.7. The molecule has 0 heterocycles. The van der Waals surface area contributed by atoms with Crippen molar-refractivity contribution in [3.05, 3.63) is 33.8 Å². The smallest absolute Gasteiger partial charge is 0.328 e. The molecule has 3 nitrogen and oxygen atoms in total. The van der Waals surface area contributed by atoms with Crippen LogP contribution in [0.3, 0.4) is 0 Å². The molecule has 1 N–H and O–H groups in total. The third kappa shape index (κ3) is 3.15. The molecule has 0 saturated carbocycles. The summed E-state index contributed by atoms with van der Waals surface area (Å²) in [6, 6.07) is 3.15. The standard InChI is InChI=1S/C10H8Cl2O3/c1-15-10-7(11)4-6(5-8(10)12)2-3-9(13)14/h2-5H,1H3,(H,13,14). The first-order chi connectivity index (χ1) is 7.04. The number of carbonyl (C=O) groups is 1. The van der Waals surface area contributed by atoms with Gasteiger partial charge in [-0.25, -0.2) is 4.79 Å². The van der Waals surface area contributed by atoms with Crippen LogP contribution in [0.1, 0.15) is 5.56 Å². The summed E-state index contributed by atoms with van der Waals surface area (Å²) in [7, 11) is 1.46. The monoisotopic (exact) mass is 246 g/mol. The molecule has 0 aliphatic rings. The lowest BCUT2D eigenvalue weighted by Crippen LogP contribution is -1.88. The van der Waals surface area contributed by atoms with Gasteiger partial charge in [0, 0.05) is 6.08 Å². The summed E-state index contributed by atoms with van der Waals surface area (Å²) < 4.78 is 4.95. The summed E-state index contributed by atoms with van der Waals surface area (Å²) in [6.07, 6.45) is 2.41. The van der Waals surface area contributed by atoms with Gasteiger partial charge in [-0.3, -0.25) is 0 Å². The number of aliphatic carboxylic acids is 1. The zero-order chi connectivity index (χ0) is 11.4. The topological polar surface area (TPSA) is 46.5 Å². The number of benzene rings is 1. The molecular weight excluding hydrogens is 239 g/mol. The summed E-state index contributed by atoms with van der Waals surface area (Å²) in [5.74, 6) is -0.649. The van der Waals surface area contributed by atoms with Crippen LogP contribution in [-0.2, 0) is 4.79 Å². The molecule has 5 heteroatoms. The molecule has 15 heavy (non-hydrogen) atoms. The molecule has 0 amide bonds. The quantitative estimate of drug-likeness (QED) is 0.834. The van der Waals surface area contributed by atoms with E-state index >= 15 is 0 Å². The minimum atomic E-state index is -1.03. The van der Waals surface area contributed by atoms with E-state index in [-0.39, 0.29) is 0 Å². The molecule has 80 valence electrons. The largest absolute Gasteiger partial charge is 0.494 e. The lowest BCUT2D eigenvalue weighted by Gasteiger charge is -2.06. The number of methoxy groups -OCH3 is 1. The first-order valence-electron chi connectivity index (χ1n) is 3.98. The van der Waals surface area contributed by atoms with Gasteiger partial charge < -0.3 is 9.84 Å². The SMILES string of the molecule is COc1c(Cl)cc(C=CC(=O)O)cc1Cl. The van der Waals surface area contributed by atoms with Gasteiger partial charge in [-0.15, -0.1) is 0 Å². The molecule has 0 unspecified atom stereocenters. The van der Waals surface area contributed by atoms with Crippen molar-refractivity contribution < 1.29 is 14.6 Å². The van der Waals surface area contributed by atoms with E-state index in [0.29, 0.717) is 21.4 Å². The minimum Gasteiger partial charge on any atom is -0.494 e. The van der Waals surface area contributed by atoms with Crippen LogP contribution in [-0.4, -0.2) is 18.2 Å². The maximum atomic E-state index is 10.3. The zero-order valence-corrected chi connectivity index (χ0v) is 9.34. The van der Waals surface area contributed by atoms with Crippen molar-refractivity contribution in [1.82, 2.24) is 0 Å². The fourth-order valence-corrected chi connectivity index (χ4v) is 1.70. The Bertz CT molecular complexity index is 390. The van der Waals surface area contributed by atoms with Crippen LogP contribution in [0.5, 0.6) is 5.75 Å². The van der Waals surface area contributed by atoms with Gasteiger partial charge in [-0.05, 0) is 23.8 Å². The van der Waals surface area contributed by atoms with Crippen molar-refractivity contribution in [2.75, 3.05) is 7.11 Å². The average Bonchev–Trinajstić information content (AvgIpc) is 2.14. The van der Waals surface area contributed by atoms with E-state index in [1.165, 1.54) is 13.2 Å². The highest BCUT2D eigenvalue weighted by Crippen LogP contribution is 2.34. The van der Waals surface area contributed by atoms with Crippen LogP contribution in [0.2, 0.25) is 10.0 Å². The molecule has 0 atom stereocenters. The Kier molecular flexibility index (Phi) is 4.00. The van der Waals surface area contributed by atoms with Gasteiger partial charge in [0.1, 0.15) is 0 Å². The second kappa shape index (κ2) is 5.05. The molecule has 0 aliphatic carbocycles. The van der Waals surface area contributed by atoms with E-state index in [4.69, 9.17) is 33.0 Å². The van der Waals surface area contributed by atoms with Crippen molar-refractivity contribution in [2.24, 2.45) is 0 Å². The average molecular weight is 247 g/mol. The van der Waals surface area contributed by atoms with Crippen molar-refractivity contribution in [2.45, 2.75) is 0 Å². The van der Waals surface area contributed by atoms with Crippen LogP contribution in [0, 0.1) is 0 Å². The van der Waals surface area contributed by atoms with Crippen molar-refractivity contribution in [3.8, 4) is 5.75 Å². The Morgan fingerprint density at radius 2 is 1.93 bits per heavy atom. The molecule has 0 radical (unpaired) electrons. The second-order valence-corrected chi connectivity index (χ2v) is 3.50. The maximum absolute atomic E-state index is 10.3. The third-order valence-corrected chi connectivity index (χ3v) is 2.20. The highest BCUT2D eigenvalue weighted by atomic mass is 35.5. The zero-order valence-electron chi connectivity index (χ0n) is 7.83. The molecular formula is C10H8Cl2O3. The number of hydrogen-bond acceptors (Lipinski definition) is 2. The Morgan fingerprint density at radius 1 is 1.40 bits per heavy atom. The minimum absolute atomic E-state index is 0.343. The van der Waals surface area contributed by atoms with E-state index in [1.54, 1.807) is 12.1 Å². The summed E-state index contributed by atoms with van der Waals surface area (Å²) in [5.41, 5.74) is 0.605. The molecule has 1 rings (SSSR count). The Morgan fingerprint density at radius 3 is 2.33 bits per heavy atom. The van der Waals surface area contributed by atoms with E-state index in [9.17, 15) is 4.79 Å². The van der Waals surface area contributed by atoms with E-state index in [0.717, 1.165) is 6.08 Å². The van der Waals surface area contributed by atoms with Gasteiger partial charge >= 0.3 is 5.97 Å². The van der Waals surface area contributed by atoms with Gasteiger partial charge in [0.2, 0.25) is 0 Å². The van der Waals surface area contributed by atoms with Gasteiger partial charge in [-0.2, -0.15) is 0 Å². The van der Waals surface area contributed by atoms with Crippen LogP contribution < -0.4 is 4.74 Å². The van der Waals surface area contributed by atoms with Crippen LogP contribution in [0.25, 0.3) is 6.08 Å². The summed E-state index contributed by atoms with van der Waals surface area (Å²) in [4.78, 5) is 10.3. The first-order valence-corrected chi connectivity index (χ1v) is 4.74. The highest BCUT2D eigenvalue weighted by molar-refractivity contribution is 6.37. The number of halogens is 2. The van der Waals surface area contributed by atoms with Gasteiger partial charge in [-0.1, -0.05) is 23.2 Å². The Hall–Kier alpha value is -1.19. The fourth-order valence-electron chi connectivity index (χ4n) is 1.04. The Balaban J connectivity index is 3.09. The van der Waals surface area contributed by atoms with Crippen molar-refractivity contribution >= 4 is 35.2 Å². The number of hydrogen-bond donors (Lipinski definition) is 1. The van der Waals surface area contributed by atoms with E-state index in [2.05, 4.69) is 0 Å². The molecule has 0 bridgehead atoms. The molecule has 0 spiro atoms. The van der Waals surface area contributed by atoms with Gasteiger partial charge in [0.25, 0.3) is 0 Å². The normalized spacial score (nSPS) is 10.6. The first kappa shape index (κ1) is 11.9. The lowest BCUT2D eigenvalue weighted by atomic mass is 10.2. The molecule has 0 saturated heterocycles. The molecule has 0 fully saturated rings. The molecule has 0 aromatic heterocycles. The molecule has 1 aromatic carbocycles. The van der Waals surface area contributed by atoms with E-state index < -0.39 is 5.97 Å². The van der Waals surface area contributed by atoms with Gasteiger partial charge in [0.05, 0.1) is 17.2 Å². The van der Waals surface area contributed by atoms with Crippen LogP contribution in [0.15, 0.2) is 18.2 Å². The molecule has 0 aliphatic heterocycles. The number of carboxylic acid groups (broad SMARTS) is 1. The third-order valence-electron chi connectivity index (χ3n) is 1.64. The Labute approximate surface area is 96.9 Å². The maximum Gasteiger partial charge on any atom is 0.328 e. The lowest BCUT2D eigenvalue weighted by molar-refractivity contribution is -0.131. The fraction of sp³-hybridized carbons (Fsp3) is 0.100. The highest BCUT2D eigenvalue weighted by Gasteiger charge is 2.07. The summed E-state index contributed by atoms with van der Waals surface area (Å²) in [5, 5.41) is 9.12. The van der Waals surface area contributed by atoms with Crippen molar-refractivity contribution in [3.63, 3.8) is 0 Å². The number of carboxylic acids is 1. The summed E-state index contributed by atoms with van der Waals surface area (Å²) in [6.45, 7) is 0.